The molecule has 0 spiro atoms. The minimum absolute atomic E-state index is 0.00266. The normalized spacial score (nSPS) is 21.1. The van der Waals surface area contributed by atoms with E-state index in [1.54, 1.807) is 17.0 Å². The molecule has 6 nitrogen and oxygen atoms in total. The van der Waals surface area contributed by atoms with E-state index in [0.29, 0.717) is 19.6 Å². The number of amides is 2. The van der Waals surface area contributed by atoms with Crippen molar-refractivity contribution in [2.45, 2.75) is 25.3 Å². The van der Waals surface area contributed by atoms with Gasteiger partial charge in [-0.05, 0) is 30.5 Å². The Balaban J connectivity index is 1.70. The number of nitrogens with one attached hydrogen (secondary N) is 1. The second-order valence-electron chi connectivity index (χ2n) is 6.30. The first kappa shape index (κ1) is 17.0. The molecule has 0 aliphatic carbocycles. The Morgan fingerprint density at radius 1 is 1.25 bits per heavy atom. The molecule has 2 amide bonds. The minimum atomic E-state index is -0.433. The van der Waals surface area contributed by atoms with Gasteiger partial charge in [-0.2, -0.15) is 0 Å². The second kappa shape index (κ2) is 7.40. The summed E-state index contributed by atoms with van der Waals surface area (Å²) < 4.78 is 0. The van der Waals surface area contributed by atoms with Crippen LogP contribution >= 0.6 is 11.6 Å². The first-order valence-corrected chi connectivity index (χ1v) is 8.70. The van der Waals surface area contributed by atoms with Crippen molar-refractivity contribution < 1.29 is 14.7 Å². The third-order valence-corrected chi connectivity index (χ3v) is 4.94. The fourth-order valence-electron chi connectivity index (χ4n) is 3.31. The van der Waals surface area contributed by atoms with Crippen LogP contribution in [0.25, 0.3) is 0 Å². The molecule has 0 radical (unpaired) electrons. The number of hydrogen-bond acceptors (Lipinski definition) is 4. The van der Waals surface area contributed by atoms with Crippen LogP contribution in [0.5, 0.6) is 5.75 Å². The maximum atomic E-state index is 12.7. The quantitative estimate of drug-likeness (QED) is 0.852. The molecule has 1 aromatic rings. The number of carbonyl (C=O) groups excluding carboxylic acids is 2. The molecule has 2 N–H and O–H groups in total. The molecule has 1 atom stereocenters. The fourth-order valence-corrected chi connectivity index (χ4v) is 3.51. The molecule has 0 unspecified atom stereocenters. The number of aromatic hydroxyl groups is 1. The van der Waals surface area contributed by atoms with Crippen LogP contribution in [0.2, 0.25) is 5.02 Å². The molecule has 3 rings (SSSR count). The highest BCUT2D eigenvalue weighted by Crippen LogP contribution is 2.24. The zero-order chi connectivity index (χ0) is 17.1. The van der Waals surface area contributed by atoms with Crippen molar-refractivity contribution in [3.05, 3.63) is 28.8 Å². The van der Waals surface area contributed by atoms with Crippen LogP contribution < -0.4 is 5.32 Å². The van der Waals surface area contributed by atoms with Crippen molar-refractivity contribution in [1.82, 2.24) is 15.1 Å². The first-order valence-electron chi connectivity index (χ1n) is 8.32. The van der Waals surface area contributed by atoms with Gasteiger partial charge in [-0.1, -0.05) is 17.7 Å². The van der Waals surface area contributed by atoms with E-state index in [2.05, 4.69) is 5.32 Å². The van der Waals surface area contributed by atoms with Gasteiger partial charge in [-0.15, -0.1) is 0 Å². The number of phenolic OH excluding ortho intramolecular Hbond substituents is 1. The molecule has 0 aromatic heterocycles. The lowest BCUT2D eigenvalue weighted by Crippen LogP contribution is -2.60. The van der Waals surface area contributed by atoms with Gasteiger partial charge in [0, 0.05) is 32.7 Å². The highest BCUT2D eigenvalue weighted by Gasteiger charge is 2.35. The van der Waals surface area contributed by atoms with Gasteiger partial charge in [-0.25, -0.2) is 0 Å². The predicted octanol–water partition coefficient (Wildman–Crippen LogP) is 1.01. The van der Waals surface area contributed by atoms with Gasteiger partial charge in [0.2, 0.25) is 11.8 Å². The van der Waals surface area contributed by atoms with E-state index in [0.717, 1.165) is 31.5 Å². The Morgan fingerprint density at radius 3 is 2.71 bits per heavy atom. The Hall–Kier alpha value is -1.79. The summed E-state index contributed by atoms with van der Waals surface area (Å²) >= 11 is 5.90. The summed E-state index contributed by atoms with van der Waals surface area (Å²) in [5.74, 6) is -0.0512. The summed E-state index contributed by atoms with van der Waals surface area (Å²) in [6, 6.07) is 4.32. The average molecular weight is 352 g/mol. The SMILES string of the molecule is O=C([C@@H]1CNCCN1C(=O)Cc1ccc(O)c(Cl)c1)N1CCCC1. The standard InChI is InChI=1S/C17H22ClN3O3/c18-13-9-12(3-4-15(13)22)10-16(23)21-8-5-19-11-14(21)17(24)20-6-1-2-7-20/h3-4,9,14,19,22H,1-2,5-8,10-11H2/t14-/m0/s1. The zero-order valence-electron chi connectivity index (χ0n) is 13.5. The van der Waals surface area contributed by atoms with E-state index in [4.69, 9.17) is 11.6 Å². The molecule has 2 saturated heterocycles. The van der Waals surface area contributed by atoms with Crippen molar-refractivity contribution in [3.8, 4) is 5.75 Å². The monoisotopic (exact) mass is 351 g/mol. The molecular formula is C17H22ClN3O3. The lowest BCUT2D eigenvalue weighted by Gasteiger charge is -2.37. The van der Waals surface area contributed by atoms with Crippen molar-refractivity contribution in [2.24, 2.45) is 0 Å². The van der Waals surface area contributed by atoms with Crippen molar-refractivity contribution in [2.75, 3.05) is 32.7 Å². The molecule has 2 heterocycles. The van der Waals surface area contributed by atoms with E-state index in [-0.39, 0.29) is 29.0 Å². The van der Waals surface area contributed by atoms with Gasteiger partial charge < -0.3 is 20.2 Å². The van der Waals surface area contributed by atoms with Crippen molar-refractivity contribution in [3.63, 3.8) is 0 Å². The fraction of sp³-hybridized carbons (Fsp3) is 0.529. The molecule has 2 aliphatic rings. The van der Waals surface area contributed by atoms with Gasteiger partial charge in [0.25, 0.3) is 0 Å². The Labute approximate surface area is 146 Å². The summed E-state index contributed by atoms with van der Waals surface area (Å²) in [7, 11) is 0. The van der Waals surface area contributed by atoms with Crippen LogP contribution in [0, 0.1) is 0 Å². The maximum Gasteiger partial charge on any atom is 0.246 e. The molecule has 0 bridgehead atoms. The largest absolute Gasteiger partial charge is 0.506 e. The van der Waals surface area contributed by atoms with Gasteiger partial charge in [0.15, 0.2) is 0 Å². The van der Waals surface area contributed by atoms with Gasteiger partial charge in [-0.3, -0.25) is 9.59 Å². The number of rotatable bonds is 3. The summed E-state index contributed by atoms with van der Waals surface area (Å²) in [6.07, 6.45) is 2.24. The van der Waals surface area contributed by atoms with Gasteiger partial charge >= 0.3 is 0 Å². The molecule has 130 valence electrons. The highest BCUT2D eigenvalue weighted by molar-refractivity contribution is 6.32. The topological polar surface area (TPSA) is 72.9 Å². The highest BCUT2D eigenvalue weighted by atomic mass is 35.5. The summed E-state index contributed by atoms with van der Waals surface area (Å²) in [5.41, 5.74) is 0.730. The van der Waals surface area contributed by atoms with E-state index < -0.39 is 6.04 Å². The van der Waals surface area contributed by atoms with Crippen LogP contribution in [-0.2, 0) is 16.0 Å². The van der Waals surface area contributed by atoms with Gasteiger partial charge in [0.05, 0.1) is 11.4 Å². The average Bonchev–Trinajstić information content (AvgIpc) is 3.12. The van der Waals surface area contributed by atoms with Crippen molar-refractivity contribution >= 4 is 23.4 Å². The Morgan fingerprint density at radius 2 is 2.00 bits per heavy atom. The van der Waals surface area contributed by atoms with Crippen LogP contribution in [0.1, 0.15) is 18.4 Å². The van der Waals surface area contributed by atoms with Gasteiger partial charge in [0.1, 0.15) is 11.8 Å². The number of carbonyl (C=O) groups is 2. The number of nitrogens with zero attached hydrogens (tertiary/aromatic N) is 2. The number of halogens is 1. The molecule has 0 saturated carbocycles. The van der Waals surface area contributed by atoms with Crippen LogP contribution in [0.4, 0.5) is 0 Å². The third-order valence-electron chi connectivity index (χ3n) is 4.63. The van der Waals surface area contributed by atoms with Crippen LogP contribution in [0.15, 0.2) is 18.2 Å². The predicted molar refractivity (Wildman–Crippen MR) is 91.0 cm³/mol. The number of piperazine rings is 1. The van der Waals surface area contributed by atoms with E-state index >= 15 is 0 Å². The molecule has 1 aromatic carbocycles. The maximum absolute atomic E-state index is 12.7. The molecule has 2 fully saturated rings. The summed E-state index contributed by atoms with van der Waals surface area (Å²) in [5, 5.41) is 12.9. The third kappa shape index (κ3) is 3.65. The second-order valence-corrected chi connectivity index (χ2v) is 6.71. The smallest absolute Gasteiger partial charge is 0.246 e. The van der Waals surface area contributed by atoms with Crippen molar-refractivity contribution in [1.29, 1.82) is 0 Å². The summed E-state index contributed by atoms with van der Waals surface area (Å²) in [4.78, 5) is 29.0. The summed E-state index contributed by atoms with van der Waals surface area (Å²) in [6.45, 7) is 3.27. The van der Waals surface area contributed by atoms with E-state index in [1.807, 2.05) is 4.90 Å². The lowest BCUT2D eigenvalue weighted by molar-refractivity contribution is -0.145. The van der Waals surface area contributed by atoms with E-state index in [9.17, 15) is 14.7 Å². The lowest BCUT2D eigenvalue weighted by atomic mass is 10.1. The Bertz CT molecular complexity index is 632. The minimum Gasteiger partial charge on any atom is -0.506 e. The molecule has 24 heavy (non-hydrogen) atoms. The number of hydrogen-bond donors (Lipinski definition) is 2. The molecule has 2 aliphatic heterocycles. The zero-order valence-corrected chi connectivity index (χ0v) is 14.3. The Kier molecular flexibility index (Phi) is 5.26. The number of likely N-dealkylation sites (tertiary alicyclic amines) is 1. The van der Waals surface area contributed by atoms with Crippen LogP contribution in [0.3, 0.4) is 0 Å². The van der Waals surface area contributed by atoms with E-state index in [1.165, 1.54) is 6.07 Å². The number of phenols is 1. The first-order chi connectivity index (χ1) is 11.6. The molecule has 7 heteroatoms. The molecular weight excluding hydrogens is 330 g/mol. The van der Waals surface area contributed by atoms with Crippen LogP contribution in [-0.4, -0.2) is 65.5 Å². The number of benzene rings is 1.